The fraction of sp³-hybridized carbons (Fsp3) is 0.250. The van der Waals surface area contributed by atoms with Crippen LogP contribution in [0.2, 0.25) is 0 Å². The zero-order valence-electron chi connectivity index (χ0n) is 7.01. The summed E-state index contributed by atoms with van der Waals surface area (Å²) in [4.78, 5) is 13.4. The molecule has 0 amide bonds. The van der Waals surface area contributed by atoms with Gasteiger partial charge in [0, 0.05) is 12.1 Å². The van der Waals surface area contributed by atoms with Crippen LogP contribution in [0, 0.1) is 5.82 Å². The number of aldehydes is 1. The highest BCUT2D eigenvalue weighted by Crippen LogP contribution is 2.20. The summed E-state index contributed by atoms with van der Waals surface area (Å²) in [5.74, 6) is -0.938. The van der Waals surface area contributed by atoms with E-state index in [2.05, 4.69) is 4.98 Å². The highest BCUT2D eigenvalue weighted by Gasteiger charge is 2.16. The third-order valence-electron chi connectivity index (χ3n) is 1.63. The van der Waals surface area contributed by atoms with Gasteiger partial charge >= 0.3 is 0 Å². The molecule has 0 atom stereocenters. The lowest BCUT2D eigenvalue weighted by atomic mass is 10.2. The molecule has 0 fully saturated rings. The van der Waals surface area contributed by atoms with Gasteiger partial charge in [0.25, 0.3) is 6.43 Å². The number of alkyl halides is 2. The van der Waals surface area contributed by atoms with Crippen LogP contribution in [-0.2, 0) is 6.54 Å². The van der Waals surface area contributed by atoms with Gasteiger partial charge in [-0.25, -0.2) is 18.2 Å². The Balaban J connectivity index is 3.31. The van der Waals surface area contributed by atoms with Crippen LogP contribution in [0.1, 0.15) is 28.2 Å². The van der Waals surface area contributed by atoms with Gasteiger partial charge in [-0.05, 0) is 6.07 Å². The van der Waals surface area contributed by atoms with Gasteiger partial charge in [0.1, 0.15) is 11.4 Å². The molecule has 0 spiro atoms. The molecule has 0 aliphatic rings. The lowest BCUT2D eigenvalue weighted by Crippen LogP contribution is -2.07. The third kappa shape index (κ3) is 1.90. The Hall–Kier alpha value is -1.43. The van der Waals surface area contributed by atoms with Gasteiger partial charge in [-0.1, -0.05) is 0 Å². The van der Waals surface area contributed by atoms with Crippen molar-refractivity contribution in [3.63, 3.8) is 0 Å². The van der Waals surface area contributed by atoms with E-state index in [9.17, 15) is 18.0 Å². The zero-order chi connectivity index (χ0) is 10.7. The Morgan fingerprint density at radius 3 is 2.64 bits per heavy atom. The second-order valence-electron chi connectivity index (χ2n) is 2.53. The highest BCUT2D eigenvalue weighted by molar-refractivity contribution is 5.72. The van der Waals surface area contributed by atoms with Crippen LogP contribution in [-0.4, -0.2) is 11.3 Å². The number of hydrogen-bond donors (Lipinski definition) is 1. The second-order valence-corrected chi connectivity index (χ2v) is 2.53. The first-order valence-electron chi connectivity index (χ1n) is 3.72. The molecule has 2 N–H and O–H groups in total. The van der Waals surface area contributed by atoms with Crippen LogP contribution in [0.25, 0.3) is 0 Å². The van der Waals surface area contributed by atoms with Gasteiger partial charge in [-0.15, -0.1) is 0 Å². The minimum absolute atomic E-state index is 0.0837. The molecule has 6 heteroatoms. The van der Waals surface area contributed by atoms with Gasteiger partial charge in [0.05, 0.1) is 0 Å². The summed E-state index contributed by atoms with van der Waals surface area (Å²) in [6, 6.07) is 0.854. The van der Waals surface area contributed by atoms with E-state index in [4.69, 9.17) is 5.73 Å². The van der Waals surface area contributed by atoms with Crippen molar-refractivity contribution < 1.29 is 18.0 Å². The SMILES string of the molecule is NCc1cc(C(F)F)nc(C=O)c1F. The first-order chi connectivity index (χ1) is 6.60. The number of hydrogen-bond acceptors (Lipinski definition) is 3. The summed E-state index contributed by atoms with van der Waals surface area (Å²) in [7, 11) is 0. The average molecular weight is 204 g/mol. The smallest absolute Gasteiger partial charge is 0.280 e. The molecular formula is C8H7F3N2O. The molecule has 1 aromatic rings. The monoisotopic (exact) mass is 204 g/mol. The Bertz CT molecular complexity index is 355. The van der Waals surface area contributed by atoms with E-state index < -0.39 is 23.6 Å². The number of nitrogens with zero attached hydrogens (tertiary/aromatic N) is 1. The molecular weight excluding hydrogens is 197 g/mol. The summed E-state index contributed by atoms with van der Waals surface area (Å²) < 4.78 is 37.5. The summed E-state index contributed by atoms with van der Waals surface area (Å²) in [5, 5.41) is 0. The Morgan fingerprint density at radius 1 is 1.57 bits per heavy atom. The van der Waals surface area contributed by atoms with Crippen LogP contribution in [0.15, 0.2) is 6.07 Å². The quantitative estimate of drug-likeness (QED) is 0.757. The number of carbonyl (C=O) groups is 1. The van der Waals surface area contributed by atoms with Gasteiger partial charge < -0.3 is 5.73 Å². The standard InChI is InChI=1S/C8H7F3N2O/c9-7-4(2-12)1-5(8(10)11)13-6(7)3-14/h1,3,8H,2,12H2. The maximum absolute atomic E-state index is 13.1. The van der Waals surface area contributed by atoms with Crippen molar-refractivity contribution >= 4 is 6.29 Å². The molecule has 1 heterocycles. The molecule has 0 bridgehead atoms. The van der Waals surface area contributed by atoms with Crippen LogP contribution >= 0.6 is 0 Å². The Labute approximate surface area is 77.7 Å². The van der Waals surface area contributed by atoms with Crippen molar-refractivity contribution in [1.82, 2.24) is 4.98 Å². The van der Waals surface area contributed by atoms with Crippen LogP contribution in [0.5, 0.6) is 0 Å². The van der Waals surface area contributed by atoms with E-state index in [1.807, 2.05) is 0 Å². The van der Waals surface area contributed by atoms with Crippen LogP contribution in [0.3, 0.4) is 0 Å². The number of aromatic nitrogens is 1. The molecule has 0 saturated heterocycles. The molecule has 14 heavy (non-hydrogen) atoms. The molecule has 0 radical (unpaired) electrons. The second kappa shape index (κ2) is 4.19. The van der Waals surface area contributed by atoms with Gasteiger partial charge in [0.15, 0.2) is 12.1 Å². The van der Waals surface area contributed by atoms with Gasteiger partial charge in [-0.2, -0.15) is 0 Å². The molecule has 0 aliphatic carbocycles. The molecule has 0 saturated carbocycles. The van der Waals surface area contributed by atoms with Crippen molar-refractivity contribution in [2.75, 3.05) is 0 Å². The molecule has 1 rings (SSSR count). The first kappa shape index (κ1) is 10.6. The number of pyridine rings is 1. The Morgan fingerprint density at radius 2 is 2.21 bits per heavy atom. The molecule has 1 aromatic heterocycles. The minimum atomic E-state index is -2.85. The first-order valence-corrected chi connectivity index (χ1v) is 3.72. The van der Waals surface area contributed by atoms with Crippen LogP contribution in [0.4, 0.5) is 13.2 Å². The van der Waals surface area contributed by atoms with Gasteiger partial charge in [0.2, 0.25) is 0 Å². The number of rotatable bonds is 3. The molecule has 0 aliphatic heterocycles. The zero-order valence-corrected chi connectivity index (χ0v) is 7.01. The van der Waals surface area contributed by atoms with Crippen molar-refractivity contribution in [1.29, 1.82) is 0 Å². The van der Waals surface area contributed by atoms with Crippen LogP contribution < -0.4 is 5.73 Å². The number of nitrogens with two attached hydrogens (primary N) is 1. The van der Waals surface area contributed by atoms with E-state index >= 15 is 0 Å². The molecule has 0 unspecified atom stereocenters. The van der Waals surface area contributed by atoms with E-state index in [1.54, 1.807) is 0 Å². The maximum atomic E-state index is 13.1. The lowest BCUT2D eigenvalue weighted by Gasteiger charge is -2.05. The topological polar surface area (TPSA) is 56.0 Å². The fourth-order valence-corrected chi connectivity index (χ4v) is 0.965. The van der Waals surface area contributed by atoms with E-state index in [0.717, 1.165) is 6.07 Å². The summed E-state index contributed by atoms with van der Waals surface area (Å²) in [5.41, 5.74) is 3.69. The largest absolute Gasteiger partial charge is 0.326 e. The molecule has 3 nitrogen and oxygen atoms in total. The third-order valence-corrected chi connectivity index (χ3v) is 1.63. The molecule has 76 valence electrons. The predicted octanol–water partition coefficient (Wildman–Crippen LogP) is 1.43. The van der Waals surface area contributed by atoms with Crippen molar-refractivity contribution in [2.24, 2.45) is 5.73 Å². The van der Waals surface area contributed by atoms with E-state index in [0.29, 0.717) is 0 Å². The highest BCUT2D eigenvalue weighted by atomic mass is 19.3. The van der Waals surface area contributed by atoms with Gasteiger partial charge in [-0.3, -0.25) is 4.79 Å². The van der Waals surface area contributed by atoms with Crippen molar-refractivity contribution in [2.45, 2.75) is 13.0 Å². The predicted molar refractivity (Wildman–Crippen MR) is 42.4 cm³/mol. The molecule has 0 aromatic carbocycles. The summed E-state index contributed by atoms with van der Waals surface area (Å²) in [6.45, 7) is -0.255. The van der Waals surface area contributed by atoms with E-state index in [1.165, 1.54) is 0 Å². The number of carbonyl (C=O) groups excluding carboxylic acids is 1. The maximum Gasteiger partial charge on any atom is 0.280 e. The average Bonchev–Trinajstić information content (AvgIpc) is 2.17. The summed E-state index contributed by atoms with van der Waals surface area (Å²) >= 11 is 0. The normalized spacial score (nSPS) is 10.6. The minimum Gasteiger partial charge on any atom is -0.326 e. The number of halogens is 3. The fourth-order valence-electron chi connectivity index (χ4n) is 0.965. The van der Waals surface area contributed by atoms with E-state index in [-0.39, 0.29) is 18.4 Å². The Kier molecular flexibility index (Phi) is 3.19. The summed E-state index contributed by atoms with van der Waals surface area (Å²) in [6.07, 6.45) is -2.76. The van der Waals surface area contributed by atoms with Crippen molar-refractivity contribution in [3.05, 3.63) is 28.8 Å². The lowest BCUT2D eigenvalue weighted by molar-refractivity contribution is 0.111. The van der Waals surface area contributed by atoms with Crippen molar-refractivity contribution in [3.8, 4) is 0 Å².